The summed E-state index contributed by atoms with van der Waals surface area (Å²) >= 11 is 0. The molecule has 0 aromatic carbocycles. The fourth-order valence-electron chi connectivity index (χ4n) is 2.21. The van der Waals surface area contributed by atoms with Crippen molar-refractivity contribution in [1.82, 2.24) is 4.98 Å². The molecule has 2 rings (SSSR count). The molecule has 1 aliphatic rings. The van der Waals surface area contributed by atoms with Crippen molar-refractivity contribution in [2.24, 2.45) is 5.92 Å². The summed E-state index contributed by atoms with van der Waals surface area (Å²) in [5, 5.41) is 20.9. The van der Waals surface area contributed by atoms with Gasteiger partial charge in [-0.2, -0.15) is 0 Å². The Morgan fingerprint density at radius 2 is 2.28 bits per heavy atom. The molecule has 4 unspecified atom stereocenters. The van der Waals surface area contributed by atoms with Gasteiger partial charge in [-0.25, -0.2) is 0 Å². The van der Waals surface area contributed by atoms with Crippen LogP contribution in [0.2, 0.25) is 0 Å². The zero-order chi connectivity index (χ0) is 13.3. The number of nitro groups is 1. The number of aliphatic hydroxyl groups excluding tert-OH is 1. The summed E-state index contributed by atoms with van der Waals surface area (Å²) < 4.78 is 5.75. The van der Waals surface area contributed by atoms with Gasteiger partial charge in [-0.1, -0.05) is 6.92 Å². The van der Waals surface area contributed by atoms with E-state index in [0.717, 1.165) is 0 Å². The Morgan fingerprint density at radius 1 is 1.56 bits per heavy atom. The predicted octanol–water partition coefficient (Wildman–Crippen LogP) is 1.84. The lowest BCUT2D eigenvalue weighted by molar-refractivity contribution is -0.386. The van der Waals surface area contributed by atoms with Gasteiger partial charge in [0.1, 0.15) is 6.20 Å². The minimum absolute atomic E-state index is 0.0298. The monoisotopic (exact) mass is 252 g/mol. The lowest BCUT2D eigenvalue weighted by atomic mass is 9.88. The molecule has 1 N–H and O–H groups in total. The Bertz CT molecular complexity index is 439. The fourth-order valence-corrected chi connectivity index (χ4v) is 2.21. The van der Waals surface area contributed by atoms with Crippen molar-refractivity contribution in [2.75, 3.05) is 0 Å². The second-order valence-corrected chi connectivity index (χ2v) is 4.68. The summed E-state index contributed by atoms with van der Waals surface area (Å²) in [4.78, 5) is 14.2. The van der Waals surface area contributed by atoms with Crippen molar-refractivity contribution < 1.29 is 14.8 Å². The van der Waals surface area contributed by atoms with Gasteiger partial charge in [-0.05, 0) is 13.0 Å². The first-order valence-electron chi connectivity index (χ1n) is 5.92. The van der Waals surface area contributed by atoms with Crippen LogP contribution in [0.25, 0.3) is 0 Å². The molecule has 1 aromatic heterocycles. The van der Waals surface area contributed by atoms with Gasteiger partial charge in [0, 0.05) is 18.5 Å². The maximum absolute atomic E-state index is 10.9. The van der Waals surface area contributed by atoms with E-state index >= 15 is 0 Å². The second kappa shape index (κ2) is 4.99. The molecule has 4 atom stereocenters. The molecule has 18 heavy (non-hydrogen) atoms. The van der Waals surface area contributed by atoms with Crippen LogP contribution in [0.1, 0.15) is 31.9 Å². The number of hydrogen-bond donors (Lipinski definition) is 1. The summed E-state index contributed by atoms with van der Waals surface area (Å²) in [7, 11) is 0. The van der Waals surface area contributed by atoms with E-state index < -0.39 is 17.1 Å². The number of ether oxygens (including phenoxy) is 1. The molecule has 0 saturated carbocycles. The van der Waals surface area contributed by atoms with Gasteiger partial charge in [0.05, 0.1) is 28.8 Å². The largest absolute Gasteiger partial charge is 0.393 e. The maximum Gasteiger partial charge on any atom is 0.293 e. The highest BCUT2D eigenvalue weighted by atomic mass is 16.6. The van der Waals surface area contributed by atoms with Crippen LogP contribution in [-0.4, -0.2) is 27.2 Å². The molecular formula is C12H16N2O4. The van der Waals surface area contributed by atoms with Gasteiger partial charge in [-0.15, -0.1) is 0 Å². The number of nitrogens with zero attached hydrogens (tertiary/aromatic N) is 2. The van der Waals surface area contributed by atoms with Gasteiger partial charge in [-0.3, -0.25) is 15.1 Å². The Balaban J connectivity index is 2.30. The molecule has 0 radical (unpaired) electrons. The molecule has 2 heterocycles. The molecule has 98 valence electrons. The quantitative estimate of drug-likeness (QED) is 0.641. The van der Waals surface area contributed by atoms with Crippen LogP contribution in [0, 0.1) is 16.0 Å². The van der Waals surface area contributed by atoms with Gasteiger partial charge < -0.3 is 9.84 Å². The van der Waals surface area contributed by atoms with E-state index in [1.165, 1.54) is 12.4 Å². The second-order valence-electron chi connectivity index (χ2n) is 4.68. The maximum atomic E-state index is 10.9. The zero-order valence-electron chi connectivity index (χ0n) is 10.3. The number of aliphatic hydroxyl groups is 1. The molecule has 0 aliphatic carbocycles. The van der Waals surface area contributed by atoms with E-state index in [2.05, 4.69) is 4.98 Å². The first-order chi connectivity index (χ1) is 8.50. The Morgan fingerprint density at radius 3 is 2.89 bits per heavy atom. The van der Waals surface area contributed by atoms with Crippen LogP contribution in [0.15, 0.2) is 18.5 Å². The predicted molar refractivity (Wildman–Crippen MR) is 64.0 cm³/mol. The molecule has 0 bridgehead atoms. The van der Waals surface area contributed by atoms with Gasteiger partial charge in [0.15, 0.2) is 0 Å². The van der Waals surface area contributed by atoms with Crippen LogP contribution in [0.4, 0.5) is 5.69 Å². The molecule has 6 heteroatoms. The summed E-state index contributed by atoms with van der Waals surface area (Å²) in [5.74, 6) is 0.0298. The van der Waals surface area contributed by atoms with Crippen molar-refractivity contribution in [3.63, 3.8) is 0 Å². The summed E-state index contributed by atoms with van der Waals surface area (Å²) in [6.45, 7) is 3.78. The highest BCUT2D eigenvalue weighted by molar-refractivity contribution is 5.38. The van der Waals surface area contributed by atoms with E-state index in [4.69, 9.17) is 4.74 Å². The Kier molecular flexibility index (Phi) is 3.58. The average molecular weight is 252 g/mol. The third-order valence-corrected chi connectivity index (χ3v) is 3.56. The fraction of sp³-hybridized carbons (Fsp3) is 0.583. The SMILES string of the molecule is CC1OC(c2ccncc2[N+](=O)[O-])CC(O)C1C. The highest BCUT2D eigenvalue weighted by Gasteiger charge is 2.35. The Hall–Kier alpha value is -1.53. The number of pyridine rings is 1. The summed E-state index contributed by atoms with van der Waals surface area (Å²) in [5.41, 5.74) is 0.421. The zero-order valence-corrected chi connectivity index (χ0v) is 10.3. The Labute approximate surface area is 105 Å². The van der Waals surface area contributed by atoms with E-state index in [9.17, 15) is 15.2 Å². The first-order valence-corrected chi connectivity index (χ1v) is 5.92. The molecule has 0 amide bonds. The molecule has 1 fully saturated rings. The van der Waals surface area contributed by atoms with Crippen molar-refractivity contribution in [1.29, 1.82) is 0 Å². The van der Waals surface area contributed by atoms with Crippen molar-refractivity contribution in [3.8, 4) is 0 Å². The van der Waals surface area contributed by atoms with Crippen LogP contribution in [0.5, 0.6) is 0 Å². The molecule has 0 spiro atoms. The van der Waals surface area contributed by atoms with Crippen LogP contribution in [-0.2, 0) is 4.74 Å². The lowest BCUT2D eigenvalue weighted by Crippen LogP contribution is -2.37. The smallest absolute Gasteiger partial charge is 0.293 e. The summed E-state index contributed by atoms with van der Waals surface area (Å²) in [6, 6.07) is 1.58. The number of rotatable bonds is 2. The third-order valence-electron chi connectivity index (χ3n) is 3.56. The lowest BCUT2D eigenvalue weighted by Gasteiger charge is -2.36. The van der Waals surface area contributed by atoms with Gasteiger partial charge >= 0.3 is 0 Å². The number of hydrogen-bond acceptors (Lipinski definition) is 5. The molecule has 1 saturated heterocycles. The minimum Gasteiger partial charge on any atom is -0.393 e. The van der Waals surface area contributed by atoms with Crippen LogP contribution < -0.4 is 0 Å². The molecule has 6 nitrogen and oxygen atoms in total. The van der Waals surface area contributed by atoms with Crippen LogP contribution in [0.3, 0.4) is 0 Å². The molecule has 1 aromatic rings. The van der Waals surface area contributed by atoms with Gasteiger partial charge in [0.2, 0.25) is 0 Å². The normalized spacial score (nSPS) is 32.2. The number of aromatic nitrogens is 1. The van der Waals surface area contributed by atoms with E-state index in [0.29, 0.717) is 12.0 Å². The molecular weight excluding hydrogens is 236 g/mol. The van der Waals surface area contributed by atoms with Crippen molar-refractivity contribution >= 4 is 5.69 Å². The van der Waals surface area contributed by atoms with E-state index in [1.54, 1.807) is 6.07 Å². The van der Waals surface area contributed by atoms with Crippen LogP contribution >= 0.6 is 0 Å². The van der Waals surface area contributed by atoms with Crippen molar-refractivity contribution in [3.05, 3.63) is 34.1 Å². The topological polar surface area (TPSA) is 85.5 Å². The van der Waals surface area contributed by atoms with E-state index in [1.807, 2.05) is 13.8 Å². The first kappa shape index (κ1) is 12.9. The minimum atomic E-state index is -0.508. The standard InChI is InChI=1S/C12H16N2O4/c1-7-8(2)18-12(5-11(7)15)9-3-4-13-6-10(9)14(16)17/h3-4,6-8,11-12,15H,5H2,1-2H3. The molecule has 1 aliphatic heterocycles. The highest BCUT2D eigenvalue weighted by Crippen LogP contribution is 2.37. The van der Waals surface area contributed by atoms with Gasteiger partial charge in [0.25, 0.3) is 5.69 Å². The average Bonchev–Trinajstić information content (AvgIpc) is 2.35. The van der Waals surface area contributed by atoms with Crippen molar-refractivity contribution in [2.45, 2.75) is 38.6 Å². The summed E-state index contributed by atoms with van der Waals surface area (Å²) in [6.07, 6.45) is 2.00. The van der Waals surface area contributed by atoms with E-state index in [-0.39, 0.29) is 17.7 Å². The third kappa shape index (κ3) is 2.34.